The van der Waals surface area contributed by atoms with E-state index in [1.807, 2.05) is 0 Å². The fraction of sp³-hybridized carbons (Fsp3) is 0.500. The monoisotopic (exact) mass is 151 g/mol. The minimum Gasteiger partial charge on any atom is -0.327 e. The molecule has 0 aliphatic heterocycles. The van der Waals surface area contributed by atoms with Crippen LogP contribution in [-0.4, -0.2) is 22.1 Å². The van der Waals surface area contributed by atoms with Gasteiger partial charge in [-0.05, 0) is 0 Å². The van der Waals surface area contributed by atoms with Gasteiger partial charge >= 0.3 is 0 Å². The highest BCUT2D eigenvalue weighted by atomic mass is 32.2. The lowest BCUT2D eigenvalue weighted by Gasteiger charge is -1.89. The maximum absolute atomic E-state index is 10.4. The molecule has 0 aliphatic carbocycles. The fourth-order valence-electron chi connectivity index (χ4n) is 0.229. The number of nitrogens with two attached hydrogens (primary N) is 1. The molecule has 0 saturated carbocycles. The molecule has 0 unspecified atom stereocenters. The van der Waals surface area contributed by atoms with Gasteiger partial charge in [-0.25, -0.2) is 0 Å². The minimum absolute atomic E-state index is 0.197. The van der Waals surface area contributed by atoms with Crippen LogP contribution >= 0.6 is 0 Å². The van der Waals surface area contributed by atoms with E-state index in [-0.39, 0.29) is 6.54 Å². The van der Waals surface area contributed by atoms with Crippen LogP contribution in [0.2, 0.25) is 0 Å². The Morgan fingerprint density at radius 1 is 1.67 bits per heavy atom. The molecule has 5 heteroatoms. The van der Waals surface area contributed by atoms with Gasteiger partial charge in [0.15, 0.2) is 0 Å². The van der Waals surface area contributed by atoms with Crippen molar-refractivity contribution in [2.24, 2.45) is 5.73 Å². The van der Waals surface area contributed by atoms with Gasteiger partial charge in [0, 0.05) is 6.54 Å². The van der Waals surface area contributed by atoms with E-state index in [4.69, 9.17) is 5.73 Å². The number of hydrogen-bond acceptors (Lipinski definition) is 4. The van der Waals surface area contributed by atoms with Crippen molar-refractivity contribution in [1.82, 2.24) is 0 Å². The van der Waals surface area contributed by atoms with Crippen LogP contribution in [0.25, 0.3) is 0 Å². The SMILES string of the molecule is COS(=O)(=O)/C=C/CN. The van der Waals surface area contributed by atoms with Crippen LogP contribution in [0.15, 0.2) is 11.5 Å². The maximum atomic E-state index is 10.4. The topological polar surface area (TPSA) is 69.4 Å². The third-order valence-corrected chi connectivity index (χ3v) is 1.62. The van der Waals surface area contributed by atoms with E-state index in [0.717, 1.165) is 12.5 Å². The zero-order chi connectivity index (χ0) is 7.33. The number of hydrogen-bond donors (Lipinski definition) is 1. The summed E-state index contributed by atoms with van der Waals surface area (Å²) in [6.45, 7) is 0.197. The van der Waals surface area contributed by atoms with Gasteiger partial charge < -0.3 is 5.73 Å². The van der Waals surface area contributed by atoms with Gasteiger partial charge in [-0.15, -0.1) is 0 Å². The van der Waals surface area contributed by atoms with E-state index < -0.39 is 10.1 Å². The van der Waals surface area contributed by atoms with E-state index in [0.29, 0.717) is 0 Å². The molecule has 2 N–H and O–H groups in total. The molecule has 0 radical (unpaired) electrons. The highest BCUT2D eigenvalue weighted by molar-refractivity contribution is 7.89. The summed E-state index contributed by atoms with van der Waals surface area (Å²) in [5.74, 6) is 0. The van der Waals surface area contributed by atoms with Gasteiger partial charge in [-0.3, -0.25) is 4.18 Å². The summed E-state index contributed by atoms with van der Waals surface area (Å²) in [4.78, 5) is 0. The molecular weight excluding hydrogens is 142 g/mol. The molecule has 0 rings (SSSR count). The lowest BCUT2D eigenvalue weighted by atomic mass is 10.7. The summed E-state index contributed by atoms with van der Waals surface area (Å²) in [6.07, 6.45) is 1.30. The maximum Gasteiger partial charge on any atom is 0.289 e. The molecule has 0 amide bonds. The summed E-state index contributed by atoms with van der Waals surface area (Å²) in [6, 6.07) is 0. The van der Waals surface area contributed by atoms with Gasteiger partial charge in [0.1, 0.15) is 0 Å². The van der Waals surface area contributed by atoms with E-state index in [1.54, 1.807) is 0 Å². The second kappa shape index (κ2) is 3.60. The van der Waals surface area contributed by atoms with Gasteiger partial charge in [0.05, 0.1) is 12.5 Å². The Labute approximate surface area is 54.4 Å². The summed E-state index contributed by atoms with van der Waals surface area (Å²) >= 11 is 0. The van der Waals surface area contributed by atoms with Crippen molar-refractivity contribution in [3.63, 3.8) is 0 Å². The standard InChI is InChI=1S/C4H9NO3S/c1-8-9(6,7)4-2-3-5/h2,4H,3,5H2,1H3/b4-2+. The van der Waals surface area contributed by atoms with Crippen molar-refractivity contribution < 1.29 is 12.6 Å². The Morgan fingerprint density at radius 2 is 2.22 bits per heavy atom. The number of rotatable bonds is 3. The molecule has 0 aromatic rings. The van der Waals surface area contributed by atoms with Gasteiger partial charge in [-0.2, -0.15) is 8.42 Å². The molecule has 9 heavy (non-hydrogen) atoms. The molecular formula is C4H9NO3S. The predicted molar refractivity (Wildman–Crippen MR) is 34.1 cm³/mol. The first-order valence-corrected chi connectivity index (χ1v) is 3.77. The van der Waals surface area contributed by atoms with Crippen LogP contribution in [0.4, 0.5) is 0 Å². The van der Waals surface area contributed by atoms with Crippen molar-refractivity contribution in [2.45, 2.75) is 0 Å². The van der Waals surface area contributed by atoms with E-state index in [9.17, 15) is 8.42 Å². The first kappa shape index (κ1) is 8.61. The summed E-state index contributed by atoms with van der Waals surface area (Å²) in [5, 5.41) is 0.924. The largest absolute Gasteiger partial charge is 0.327 e. The zero-order valence-electron chi connectivity index (χ0n) is 5.07. The summed E-state index contributed by atoms with van der Waals surface area (Å²) in [5.41, 5.74) is 4.98. The van der Waals surface area contributed by atoms with Gasteiger partial charge in [0.2, 0.25) is 0 Å². The Kier molecular flexibility index (Phi) is 3.44. The average Bonchev–Trinajstić information content (AvgIpc) is 1.84. The Hall–Kier alpha value is -0.390. The Balaban J connectivity index is 4.04. The van der Waals surface area contributed by atoms with E-state index >= 15 is 0 Å². The highest BCUT2D eigenvalue weighted by Gasteiger charge is 1.98. The van der Waals surface area contributed by atoms with E-state index in [2.05, 4.69) is 4.18 Å². The van der Waals surface area contributed by atoms with Crippen LogP contribution in [0, 0.1) is 0 Å². The molecule has 0 aromatic heterocycles. The smallest absolute Gasteiger partial charge is 0.289 e. The second-order valence-corrected chi connectivity index (χ2v) is 2.86. The van der Waals surface area contributed by atoms with E-state index in [1.165, 1.54) is 6.08 Å². The minimum atomic E-state index is -3.44. The highest BCUT2D eigenvalue weighted by Crippen LogP contribution is 1.89. The fourth-order valence-corrected chi connectivity index (χ4v) is 0.687. The second-order valence-electron chi connectivity index (χ2n) is 1.27. The zero-order valence-corrected chi connectivity index (χ0v) is 5.89. The molecule has 0 fully saturated rings. The summed E-state index contributed by atoms with van der Waals surface area (Å²) in [7, 11) is -2.35. The van der Waals surface area contributed by atoms with Crippen LogP contribution < -0.4 is 5.73 Å². The molecule has 0 bridgehead atoms. The van der Waals surface area contributed by atoms with Crippen LogP contribution in [0.5, 0.6) is 0 Å². The quantitative estimate of drug-likeness (QED) is 0.549. The Bertz CT molecular complexity index is 182. The van der Waals surface area contributed by atoms with Crippen molar-refractivity contribution in [3.8, 4) is 0 Å². The predicted octanol–water partition coefficient (Wildman–Crippen LogP) is -0.565. The molecule has 0 atom stereocenters. The van der Waals surface area contributed by atoms with Crippen molar-refractivity contribution in [3.05, 3.63) is 11.5 Å². The third-order valence-electron chi connectivity index (χ3n) is 0.631. The molecule has 0 aromatic carbocycles. The average molecular weight is 151 g/mol. The third kappa shape index (κ3) is 4.14. The first-order valence-electron chi connectivity index (χ1n) is 2.29. The normalized spacial score (nSPS) is 12.7. The molecule has 0 aliphatic rings. The lowest BCUT2D eigenvalue weighted by molar-refractivity contribution is 0.406. The van der Waals surface area contributed by atoms with Crippen LogP contribution in [-0.2, 0) is 14.3 Å². The molecule has 0 saturated heterocycles. The van der Waals surface area contributed by atoms with Gasteiger partial charge in [-0.1, -0.05) is 6.08 Å². The first-order chi connectivity index (χ1) is 4.12. The van der Waals surface area contributed by atoms with Crippen molar-refractivity contribution in [1.29, 1.82) is 0 Å². The van der Waals surface area contributed by atoms with Crippen molar-refractivity contribution in [2.75, 3.05) is 13.7 Å². The molecule has 54 valence electrons. The van der Waals surface area contributed by atoms with Crippen LogP contribution in [0.3, 0.4) is 0 Å². The van der Waals surface area contributed by atoms with Crippen LogP contribution in [0.1, 0.15) is 0 Å². The van der Waals surface area contributed by atoms with Gasteiger partial charge in [0.25, 0.3) is 10.1 Å². The molecule has 0 heterocycles. The van der Waals surface area contributed by atoms with Crippen molar-refractivity contribution >= 4 is 10.1 Å². The molecule has 4 nitrogen and oxygen atoms in total. The Morgan fingerprint density at radius 3 is 2.56 bits per heavy atom. The molecule has 0 spiro atoms. The summed E-state index contributed by atoms with van der Waals surface area (Å²) < 4.78 is 24.9. The lowest BCUT2D eigenvalue weighted by Crippen LogP contribution is -1.99.